The van der Waals surface area contributed by atoms with E-state index >= 15 is 0 Å². The van der Waals surface area contributed by atoms with Crippen LogP contribution in [0.15, 0.2) is 58.4 Å². The van der Waals surface area contributed by atoms with Crippen molar-refractivity contribution >= 4 is 23.8 Å². The molecule has 3 rings (SSSR count). The second kappa shape index (κ2) is 10.5. The number of aromatic amines is 1. The number of hydrogen-bond donors (Lipinski definition) is 2. The van der Waals surface area contributed by atoms with E-state index in [2.05, 4.69) is 20.5 Å². The van der Waals surface area contributed by atoms with Crippen LogP contribution >= 0.6 is 11.6 Å². The molecule has 3 aromatic rings. The van der Waals surface area contributed by atoms with Gasteiger partial charge in [0.25, 0.3) is 5.56 Å². The van der Waals surface area contributed by atoms with Crippen LogP contribution in [0.2, 0.25) is 5.02 Å². The summed E-state index contributed by atoms with van der Waals surface area (Å²) in [6.07, 6.45) is 2.27. The lowest BCUT2D eigenvalue weighted by Crippen LogP contribution is -2.11. The van der Waals surface area contributed by atoms with Gasteiger partial charge in [-0.2, -0.15) is 5.10 Å². The van der Waals surface area contributed by atoms with Gasteiger partial charge in [0.1, 0.15) is 6.61 Å². The normalized spacial score (nSPS) is 10.9. The molecule has 7 nitrogen and oxygen atoms in total. The lowest BCUT2D eigenvalue weighted by atomic mass is 10.2. The fraction of sp³-hybridized carbons (Fsp3) is 0.227. The SMILES string of the molecule is CCOc1cc(/C=N\Nc2nc(CC)cc(=O)[nH]2)ccc1OCc1ccccc1Cl. The minimum Gasteiger partial charge on any atom is -0.490 e. The van der Waals surface area contributed by atoms with Gasteiger partial charge in [-0.1, -0.05) is 36.7 Å². The lowest BCUT2D eigenvalue weighted by molar-refractivity contribution is 0.269. The second-order valence-corrected chi connectivity index (χ2v) is 6.74. The highest BCUT2D eigenvalue weighted by Crippen LogP contribution is 2.29. The topological polar surface area (TPSA) is 88.6 Å². The van der Waals surface area contributed by atoms with E-state index < -0.39 is 0 Å². The van der Waals surface area contributed by atoms with E-state index in [1.807, 2.05) is 56.3 Å². The summed E-state index contributed by atoms with van der Waals surface area (Å²) in [5.74, 6) is 1.51. The Morgan fingerprint density at radius 2 is 1.97 bits per heavy atom. The van der Waals surface area contributed by atoms with Gasteiger partial charge in [-0.3, -0.25) is 9.78 Å². The van der Waals surface area contributed by atoms with Crippen LogP contribution in [-0.2, 0) is 13.0 Å². The molecule has 8 heteroatoms. The van der Waals surface area contributed by atoms with Crippen LogP contribution in [0, 0.1) is 0 Å². The summed E-state index contributed by atoms with van der Waals surface area (Å²) in [6.45, 7) is 4.67. The molecule has 0 spiro atoms. The van der Waals surface area contributed by atoms with Gasteiger partial charge in [0, 0.05) is 22.3 Å². The predicted octanol–water partition coefficient (Wildman–Crippen LogP) is 4.41. The molecule has 0 aliphatic carbocycles. The van der Waals surface area contributed by atoms with Gasteiger partial charge in [0.2, 0.25) is 5.95 Å². The van der Waals surface area contributed by atoms with Gasteiger partial charge in [-0.15, -0.1) is 0 Å². The number of aryl methyl sites for hydroxylation is 1. The highest BCUT2D eigenvalue weighted by Gasteiger charge is 2.08. The van der Waals surface area contributed by atoms with Crippen LogP contribution < -0.4 is 20.5 Å². The van der Waals surface area contributed by atoms with E-state index in [1.54, 1.807) is 6.21 Å². The van der Waals surface area contributed by atoms with Crippen LogP contribution in [0.4, 0.5) is 5.95 Å². The van der Waals surface area contributed by atoms with Gasteiger partial charge in [-0.05, 0) is 43.2 Å². The predicted molar refractivity (Wildman–Crippen MR) is 119 cm³/mol. The zero-order valence-electron chi connectivity index (χ0n) is 16.8. The van der Waals surface area contributed by atoms with Crippen molar-refractivity contribution < 1.29 is 9.47 Å². The average molecular weight is 427 g/mol. The third kappa shape index (κ3) is 5.84. The lowest BCUT2D eigenvalue weighted by Gasteiger charge is -2.13. The highest BCUT2D eigenvalue weighted by molar-refractivity contribution is 6.31. The zero-order valence-corrected chi connectivity index (χ0v) is 17.6. The molecule has 1 aromatic heterocycles. The third-order valence-corrected chi connectivity index (χ3v) is 4.52. The van der Waals surface area contributed by atoms with Crippen molar-refractivity contribution in [2.24, 2.45) is 5.10 Å². The van der Waals surface area contributed by atoms with Crippen molar-refractivity contribution in [3.05, 3.63) is 80.7 Å². The number of H-pyrrole nitrogens is 1. The number of nitrogens with zero attached hydrogens (tertiary/aromatic N) is 2. The number of rotatable bonds is 9. The van der Waals surface area contributed by atoms with Crippen LogP contribution in [0.1, 0.15) is 30.7 Å². The van der Waals surface area contributed by atoms with Crippen LogP contribution in [0.3, 0.4) is 0 Å². The summed E-state index contributed by atoms with van der Waals surface area (Å²) < 4.78 is 11.6. The molecule has 1 heterocycles. The molecule has 156 valence electrons. The second-order valence-electron chi connectivity index (χ2n) is 6.33. The van der Waals surface area contributed by atoms with Gasteiger partial charge >= 0.3 is 0 Å². The Morgan fingerprint density at radius 3 is 2.73 bits per heavy atom. The zero-order chi connectivity index (χ0) is 21.3. The molecule has 0 atom stereocenters. The Morgan fingerprint density at radius 1 is 1.13 bits per heavy atom. The number of aromatic nitrogens is 2. The summed E-state index contributed by atoms with van der Waals surface area (Å²) in [6, 6.07) is 14.5. The summed E-state index contributed by atoms with van der Waals surface area (Å²) in [4.78, 5) is 18.5. The monoisotopic (exact) mass is 426 g/mol. The number of hydrazone groups is 1. The molecular formula is C22H23ClN4O3. The minimum absolute atomic E-state index is 0.224. The summed E-state index contributed by atoms with van der Waals surface area (Å²) in [5, 5.41) is 4.80. The molecule has 0 unspecified atom stereocenters. The molecule has 0 bridgehead atoms. The Balaban J connectivity index is 1.71. The molecule has 0 aliphatic heterocycles. The fourth-order valence-electron chi connectivity index (χ4n) is 2.67. The minimum atomic E-state index is -0.224. The Kier molecular flexibility index (Phi) is 7.45. The van der Waals surface area contributed by atoms with Gasteiger partial charge in [0.15, 0.2) is 11.5 Å². The number of ether oxygens (including phenoxy) is 2. The highest BCUT2D eigenvalue weighted by atomic mass is 35.5. The summed E-state index contributed by atoms with van der Waals surface area (Å²) in [5.41, 5.74) is 4.90. The van der Waals surface area contributed by atoms with Crippen LogP contribution in [0.5, 0.6) is 11.5 Å². The number of anilines is 1. The molecule has 2 aromatic carbocycles. The van der Waals surface area contributed by atoms with E-state index in [0.717, 1.165) is 11.1 Å². The van der Waals surface area contributed by atoms with Crippen molar-refractivity contribution in [1.29, 1.82) is 0 Å². The van der Waals surface area contributed by atoms with E-state index in [1.165, 1.54) is 6.07 Å². The Bertz CT molecular complexity index is 1080. The van der Waals surface area contributed by atoms with Crippen molar-refractivity contribution in [3.63, 3.8) is 0 Å². The van der Waals surface area contributed by atoms with Crippen LogP contribution in [0.25, 0.3) is 0 Å². The fourth-order valence-corrected chi connectivity index (χ4v) is 2.86. The maximum absolute atomic E-state index is 11.6. The van der Waals surface area contributed by atoms with E-state index in [-0.39, 0.29) is 5.56 Å². The standard InChI is InChI=1S/C22H23ClN4O3/c1-3-17-12-21(28)26-22(25-17)27-24-13-15-9-10-19(20(11-15)29-4-2)30-14-16-7-5-6-8-18(16)23/h5-13H,3-4,14H2,1-2H3,(H2,25,26,27,28)/b24-13-. The average Bonchev–Trinajstić information content (AvgIpc) is 2.74. The molecule has 2 N–H and O–H groups in total. The molecule has 0 aliphatic rings. The Hall–Kier alpha value is -3.32. The summed E-state index contributed by atoms with van der Waals surface area (Å²) >= 11 is 6.19. The molecular weight excluding hydrogens is 404 g/mol. The molecule has 0 saturated heterocycles. The van der Waals surface area contributed by atoms with E-state index in [9.17, 15) is 4.79 Å². The van der Waals surface area contributed by atoms with Crippen molar-refractivity contribution in [2.45, 2.75) is 26.9 Å². The smallest absolute Gasteiger partial charge is 0.252 e. The number of benzene rings is 2. The maximum Gasteiger partial charge on any atom is 0.252 e. The molecule has 0 saturated carbocycles. The quantitative estimate of drug-likeness (QED) is 0.391. The van der Waals surface area contributed by atoms with Crippen molar-refractivity contribution in [1.82, 2.24) is 9.97 Å². The number of nitrogens with one attached hydrogen (secondary N) is 2. The molecule has 30 heavy (non-hydrogen) atoms. The number of hydrogen-bond acceptors (Lipinski definition) is 6. The first kappa shape index (κ1) is 21.4. The first-order valence-electron chi connectivity index (χ1n) is 9.61. The van der Waals surface area contributed by atoms with Gasteiger partial charge < -0.3 is 9.47 Å². The molecule has 0 radical (unpaired) electrons. The van der Waals surface area contributed by atoms with E-state index in [4.69, 9.17) is 21.1 Å². The van der Waals surface area contributed by atoms with Crippen molar-refractivity contribution in [3.8, 4) is 11.5 Å². The first-order chi connectivity index (χ1) is 14.6. The molecule has 0 fully saturated rings. The van der Waals surface area contributed by atoms with Crippen molar-refractivity contribution in [2.75, 3.05) is 12.0 Å². The van der Waals surface area contributed by atoms with Gasteiger partial charge in [-0.25, -0.2) is 10.4 Å². The number of halogens is 1. The largest absolute Gasteiger partial charge is 0.490 e. The third-order valence-electron chi connectivity index (χ3n) is 4.15. The molecule has 0 amide bonds. The van der Waals surface area contributed by atoms with Crippen LogP contribution in [-0.4, -0.2) is 22.8 Å². The maximum atomic E-state index is 11.6. The summed E-state index contributed by atoms with van der Waals surface area (Å²) in [7, 11) is 0. The Labute approximate surface area is 179 Å². The first-order valence-corrected chi connectivity index (χ1v) is 9.99. The van der Waals surface area contributed by atoms with E-state index in [0.29, 0.717) is 47.8 Å². The van der Waals surface area contributed by atoms with Gasteiger partial charge in [0.05, 0.1) is 12.8 Å².